The van der Waals surface area contributed by atoms with Crippen molar-refractivity contribution >= 4 is 17.5 Å². The van der Waals surface area contributed by atoms with Gasteiger partial charge in [0.05, 0.1) is 0 Å². The van der Waals surface area contributed by atoms with E-state index >= 15 is 0 Å². The van der Waals surface area contributed by atoms with Crippen LogP contribution in [0.5, 0.6) is 0 Å². The molecular weight excluding hydrogens is 312 g/mol. The molecule has 0 spiro atoms. The average Bonchev–Trinajstić information content (AvgIpc) is 2.67. The zero-order chi connectivity index (χ0) is 17.8. The third-order valence-electron chi connectivity index (χ3n) is 4.90. The number of carbonyl (C=O) groups excluding carboxylic acids is 2. The summed E-state index contributed by atoms with van der Waals surface area (Å²) in [6.45, 7) is 3.27. The smallest absolute Gasteiger partial charge is 0.253 e. The molecule has 0 aliphatic carbocycles. The van der Waals surface area contributed by atoms with Crippen molar-refractivity contribution in [1.82, 2.24) is 4.90 Å². The Balaban J connectivity index is 1.59. The first-order valence-corrected chi connectivity index (χ1v) is 8.75. The number of benzene rings is 2. The molecule has 1 aliphatic rings. The Hall–Kier alpha value is -2.62. The summed E-state index contributed by atoms with van der Waals surface area (Å²) < 4.78 is 0. The quantitative estimate of drug-likeness (QED) is 0.860. The standard InChI is InChI=1S/C21H24N2O2/c1-16-8-10-17(11-9-16)21(25)23-14-12-18(13-15-23)20(24)22(2)19-6-4-3-5-7-19/h3-11,18H,12-15H2,1-2H3. The van der Waals surface area contributed by atoms with E-state index in [4.69, 9.17) is 0 Å². The molecule has 1 aliphatic heterocycles. The number of carbonyl (C=O) groups is 2. The molecule has 2 aromatic rings. The van der Waals surface area contributed by atoms with E-state index in [1.165, 1.54) is 0 Å². The minimum absolute atomic E-state index is 0.0210. The zero-order valence-corrected chi connectivity index (χ0v) is 14.8. The topological polar surface area (TPSA) is 40.6 Å². The molecule has 25 heavy (non-hydrogen) atoms. The second-order valence-corrected chi connectivity index (χ2v) is 6.67. The zero-order valence-electron chi connectivity index (χ0n) is 14.8. The molecule has 0 radical (unpaired) electrons. The molecule has 1 fully saturated rings. The third kappa shape index (κ3) is 3.90. The van der Waals surface area contributed by atoms with Gasteiger partial charge >= 0.3 is 0 Å². The van der Waals surface area contributed by atoms with Gasteiger partial charge in [0, 0.05) is 37.3 Å². The number of hydrogen-bond acceptors (Lipinski definition) is 2. The van der Waals surface area contributed by atoms with E-state index in [1.54, 1.807) is 4.90 Å². The number of aryl methyl sites for hydroxylation is 1. The number of anilines is 1. The molecule has 0 aromatic heterocycles. The van der Waals surface area contributed by atoms with Crippen molar-refractivity contribution in [3.63, 3.8) is 0 Å². The lowest BCUT2D eigenvalue weighted by Crippen LogP contribution is -2.43. The van der Waals surface area contributed by atoms with E-state index in [2.05, 4.69) is 0 Å². The highest BCUT2D eigenvalue weighted by Gasteiger charge is 2.29. The van der Waals surface area contributed by atoms with Gasteiger partial charge in [-0.25, -0.2) is 0 Å². The van der Waals surface area contributed by atoms with Crippen molar-refractivity contribution in [3.05, 3.63) is 65.7 Å². The van der Waals surface area contributed by atoms with Gasteiger partial charge in [0.2, 0.25) is 5.91 Å². The molecule has 2 amide bonds. The van der Waals surface area contributed by atoms with Crippen LogP contribution in [0.3, 0.4) is 0 Å². The summed E-state index contributed by atoms with van der Waals surface area (Å²) in [6.07, 6.45) is 1.43. The van der Waals surface area contributed by atoms with Crippen LogP contribution in [0.25, 0.3) is 0 Å². The lowest BCUT2D eigenvalue weighted by molar-refractivity contribution is -0.123. The highest BCUT2D eigenvalue weighted by Crippen LogP contribution is 2.23. The molecule has 130 valence electrons. The summed E-state index contributed by atoms with van der Waals surface area (Å²) >= 11 is 0. The molecule has 4 nitrogen and oxygen atoms in total. The van der Waals surface area contributed by atoms with E-state index in [0.717, 1.165) is 16.8 Å². The van der Waals surface area contributed by atoms with Crippen LogP contribution in [-0.2, 0) is 4.79 Å². The number of rotatable bonds is 3. The van der Waals surface area contributed by atoms with Gasteiger partial charge in [0.1, 0.15) is 0 Å². The first-order chi connectivity index (χ1) is 12.1. The maximum absolute atomic E-state index is 12.7. The fourth-order valence-electron chi connectivity index (χ4n) is 3.26. The van der Waals surface area contributed by atoms with Crippen LogP contribution in [0.15, 0.2) is 54.6 Å². The van der Waals surface area contributed by atoms with Crippen LogP contribution in [-0.4, -0.2) is 36.9 Å². The summed E-state index contributed by atoms with van der Waals surface area (Å²) in [5.41, 5.74) is 2.77. The van der Waals surface area contributed by atoms with Crippen molar-refractivity contribution in [2.75, 3.05) is 25.0 Å². The van der Waals surface area contributed by atoms with Gasteiger partial charge in [0.25, 0.3) is 5.91 Å². The Bertz CT molecular complexity index is 732. The monoisotopic (exact) mass is 336 g/mol. The van der Waals surface area contributed by atoms with Crippen LogP contribution < -0.4 is 4.90 Å². The normalized spacial score (nSPS) is 15.0. The Kier molecular flexibility index (Phi) is 5.17. The Morgan fingerprint density at radius 1 is 0.960 bits per heavy atom. The fraction of sp³-hybridized carbons (Fsp3) is 0.333. The Morgan fingerprint density at radius 2 is 1.56 bits per heavy atom. The lowest BCUT2D eigenvalue weighted by atomic mass is 9.94. The molecule has 2 aromatic carbocycles. The first-order valence-electron chi connectivity index (χ1n) is 8.75. The maximum atomic E-state index is 12.7. The van der Waals surface area contributed by atoms with E-state index in [0.29, 0.717) is 25.9 Å². The minimum Gasteiger partial charge on any atom is -0.339 e. The van der Waals surface area contributed by atoms with Crippen LogP contribution in [0, 0.1) is 12.8 Å². The number of likely N-dealkylation sites (tertiary alicyclic amines) is 1. The van der Waals surface area contributed by atoms with E-state index in [9.17, 15) is 9.59 Å². The van der Waals surface area contributed by atoms with Crippen LogP contribution >= 0.6 is 0 Å². The van der Waals surface area contributed by atoms with Gasteiger partial charge in [0.15, 0.2) is 0 Å². The molecular formula is C21H24N2O2. The predicted octanol–water partition coefficient (Wildman–Crippen LogP) is 3.51. The predicted molar refractivity (Wildman–Crippen MR) is 99.7 cm³/mol. The molecule has 0 atom stereocenters. The van der Waals surface area contributed by atoms with Crippen LogP contribution in [0.4, 0.5) is 5.69 Å². The fourth-order valence-corrected chi connectivity index (χ4v) is 3.26. The molecule has 0 saturated carbocycles. The SMILES string of the molecule is Cc1ccc(C(=O)N2CCC(C(=O)N(C)c3ccccc3)CC2)cc1. The molecule has 0 bridgehead atoms. The summed E-state index contributed by atoms with van der Waals surface area (Å²) in [6, 6.07) is 17.3. The van der Waals surface area contributed by atoms with Crippen molar-refractivity contribution in [2.45, 2.75) is 19.8 Å². The largest absolute Gasteiger partial charge is 0.339 e. The number of amides is 2. The molecule has 3 rings (SSSR count). The highest BCUT2D eigenvalue weighted by atomic mass is 16.2. The van der Waals surface area contributed by atoms with Crippen molar-refractivity contribution in [2.24, 2.45) is 5.92 Å². The first kappa shape index (κ1) is 17.2. The van der Waals surface area contributed by atoms with Crippen molar-refractivity contribution in [3.8, 4) is 0 Å². The second-order valence-electron chi connectivity index (χ2n) is 6.67. The van der Waals surface area contributed by atoms with E-state index in [-0.39, 0.29) is 17.7 Å². The van der Waals surface area contributed by atoms with Gasteiger partial charge in [-0.3, -0.25) is 9.59 Å². The summed E-state index contributed by atoms with van der Waals surface area (Å²) in [5, 5.41) is 0. The van der Waals surface area contributed by atoms with Gasteiger partial charge in [-0.2, -0.15) is 0 Å². The van der Waals surface area contributed by atoms with Gasteiger partial charge in [-0.1, -0.05) is 35.9 Å². The summed E-state index contributed by atoms with van der Waals surface area (Å²) in [7, 11) is 1.82. The van der Waals surface area contributed by atoms with Gasteiger partial charge in [-0.05, 0) is 44.0 Å². The molecule has 0 unspecified atom stereocenters. The number of piperidine rings is 1. The summed E-state index contributed by atoms with van der Waals surface area (Å²) in [5.74, 6) is 0.170. The van der Waals surface area contributed by atoms with Crippen molar-refractivity contribution < 1.29 is 9.59 Å². The van der Waals surface area contributed by atoms with Crippen molar-refractivity contribution in [1.29, 1.82) is 0 Å². The second kappa shape index (κ2) is 7.51. The van der Waals surface area contributed by atoms with Gasteiger partial charge in [-0.15, -0.1) is 0 Å². The Labute approximate surface area is 149 Å². The number of nitrogens with zero attached hydrogens (tertiary/aromatic N) is 2. The van der Waals surface area contributed by atoms with E-state index < -0.39 is 0 Å². The lowest BCUT2D eigenvalue weighted by Gasteiger charge is -2.33. The average molecular weight is 336 g/mol. The van der Waals surface area contributed by atoms with Crippen LogP contribution in [0.1, 0.15) is 28.8 Å². The minimum atomic E-state index is -0.0210. The molecule has 4 heteroatoms. The van der Waals surface area contributed by atoms with Gasteiger partial charge < -0.3 is 9.80 Å². The molecule has 0 N–H and O–H groups in total. The van der Waals surface area contributed by atoms with Crippen LogP contribution in [0.2, 0.25) is 0 Å². The summed E-state index contributed by atoms with van der Waals surface area (Å²) in [4.78, 5) is 28.9. The third-order valence-corrected chi connectivity index (χ3v) is 4.90. The molecule has 1 saturated heterocycles. The maximum Gasteiger partial charge on any atom is 0.253 e. The number of hydrogen-bond donors (Lipinski definition) is 0. The van der Waals surface area contributed by atoms with E-state index in [1.807, 2.05) is 73.5 Å². The Morgan fingerprint density at radius 3 is 2.16 bits per heavy atom. The highest BCUT2D eigenvalue weighted by molar-refractivity contribution is 5.96. The molecule has 1 heterocycles. The number of para-hydroxylation sites is 1.